The van der Waals surface area contributed by atoms with Gasteiger partial charge in [-0.15, -0.1) is 0 Å². The summed E-state index contributed by atoms with van der Waals surface area (Å²) in [5, 5.41) is 0. The Balaban J connectivity index is 1.77. The van der Waals surface area contributed by atoms with Crippen LogP contribution in [-0.2, 0) is 9.47 Å². The van der Waals surface area contributed by atoms with Crippen LogP contribution in [0.25, 0.3) is 0 Å². The van der Waals surface area contributed by atoms with Crippen molar-refractivity contribution in [3.05, 3.63) is 11.9 Å². The molecule has 0 radical (unpaired) electrons. The molecule has 1 saturated carbocycles. The molecule has 1 aliphatic heterocycles. The molecule has 0 aromatic carbocycles. The first-order valence-corrected chi connectivity index (χ1v) is 8.07. The first-order valence-electron chi connectivity index (χ1n) is 8.07. The van der Waals surface area contributed by atoms with Crippen LogP contribution in [0.4, 0.5) is 17.6 Å². The molecule has 0 atom stereocenters. The molecule has 1 saturated heterocycles. The zero-order chi connectivity index (χ0) is 16.2. The second-order valence-corrected chi connectivity index (χ2v) is 6.37. The Morgan fingerprint density at radius 3 is 2.18 bits per heavy atom. The Morgan fingerprint density at radius 1 is 1.09 bits per heavy atom. The quantitative estimate of drug-likeness (QED) is 0.678. The summed E-state index contributed by atoms with van der Waals surface area (Å²) in [6, 6.07) is 0. The second kappa shape index (κ2) is 7.77. The fourth-order valence-electron chi connectivity index (χ4n) is 3.35. The lowest BCUT2D eigenvalue weighted by Gasteiger charge is -2.37. The summed E-state index contributed by atoms with van der Waals surface area (Å²) in [6.45, 7) is 3.48. The zero-order valence-electron chi connectivity index (χ0n) is 12.9. The molecule has 22 heavy (non-hydrogen) atoms. The van der Waals surface area contributed by atoms with Gasteiger partial charge in [0.1, 0.15) is 5.83 Å². The molecule has 0 aromatic rings. The SMILES string of the molecule is CCCC1COC(C2CCC(C(F)=CC(F)(F)F)CC2)OC1. The van der Waals surface area contributed by atoms with Gasteiger partial charge < -0.3 is 9.47 Å². The van der Waals surface area contributed by atoms with Crippen molar-refractivity contribution in [3.63, 3.8) is 0 Å². The van der Waals surface area contributed by atoms with Crippen molar-refractivity contribution in [3.8, 4) is 0 Å². The third-order valence-electron chi connectivity index (χ3n) is 4.54. The Labute approximate surface area is 128 Å². The minimum atomic E-state index is -4.58. The molecule has 2 rings (SSSR count). The Morgan fingerprint density at radius 2 is 1.68 bits per heavy atom. The lowest BCUT2D eigenvalue weighted by Crippen LogP contribution is -2.38. The number of halogens is 4. The van der Waals surface area contributed by atoms with Crippen LogP contribution >= 0.6 is 0 Å². The summed E-state index contributed by atoms with van der Waals surface area (Å²) in [5.41, 5.74) is 0. The van der Waals surface area contributed by atoms with E-state index >= 15 is 0 Å². The van der Waals surface area contributed by atoms with E-state index in [9.17, 15) is 17.6 Å². The Hall–Kier alpha value is -0.620. The van der Waals surface area contributed by atoms with Crippen molar-refractivity contribution in [1.29, 1.82) is 0 Å². The highest BCUT2D eigenvalue weighted by Gasteiger charge is 2.35. The van der Waals surface area contributed by atoms with E-state index in [1.54, 1.807) is 0 Å². The van der Waals surface area contributed by atoms with Crippen molar-refractivity contribution >= 4 is 0 Å². The number of ether oxygens (including phenoxy) is 2. The van der Waals surface area contributed by atoms with E-state index in [2.05, 4.69) is 6.92 Å². The summed E-state index contributed by atoms with van der Waals surface area (Å²) in [7, 11) is 0. The van der Waals surface area contributed by atoms with Crippen molar-refractivity contribution < 1.29 is 27.0 Å². The standard InChI is InChI=1S/C16H24F4O2/c1-2-3-11-9-21-15(22-10-11)13-6-4-12(5-7-13)14(17)8-16(18,19)20/h8,11-13,15H,2-7,9-10H2,1H3. The first kappa shape index (κ1) is 17.7. The van der Waals surface area contributed by atoms with E-state index in [4.69, 9.17) is 9.47 Å². The van der Waals surface area contributed by atoms with Gasteiger partial charge in [0, 0.05) is 17.8 Å². The van der Waals surface area contributed by atoms with Crippen LogP contribution in [0.15, 0.2) is 11.9 Å². The maximum atomic E-state index is 13.6. The largest absolute Gasteiger partial charge is 0.412 e. The van der Waals surface area contributed by atoms with Gasteiger partial charge in [-0.1, -0.05) is 13.3 Å². The van der Waals surface area contributed by atoms with Gasteiger partial charge in [-0.25, -0.2) is 4.39 Å². The molecule has 0 bridgehead atoms. The van der Waals surface area contributed by atoms with Gasteiger partial charge in [0.15, 0.2) is 6.29 Å². The number of hydrogen-bond acceptors (Lipinski definition) is 2. The summed E-state index contributed by atoms with van der Waals surface area (Å²) in [6.07, 6.45) is -0.755. The minimum absolute atomic E-state index is 0.164. The molecule has 0 N–H and O–H groups in total. The number of hydrogen-bond donors (Lipinski definition) is 0. The molecule has 2 aliphatic rings. The van der Waals surface area contributed by atoms with Gasteiger partial charge in [-0.2, -0.15) is 13.2 Å². The van der Waals surface area contributed by atoms with Crippen LogP contribution in [0.2, 0.25) is 0 Å². The molecular weight excluding hydrogens is 300 g/mol. The fraction of sp³-hybridized carbons (Fsp3) is 0.875. The summed E-state index contributed by atoms with van der Waals surface area (Å²) in [4.78, 5) is 0. The van der Waals surface area contributed by atoms with Crippen molar-refractivity contribution in [2.75, 3.05) is 13.2 Å². The van der Waals surface area contributed by atoms with Crippen molar-refractivity contribution in [1.82, 2.24) is 0 Å². The third kappa shape index (κ3) is 5.23. The highest BCUT2D eigenvalue weighted by molar-refractivity contribution is 5.03. The predicted molar refractivity (Wildman–Crippen MR) is 74.8 cm³/mol. The highest BCUT2D eigenvalue weighted by atomic mass is 19.4. The van der Waals surface area contributed by atoms with E-state index in [1.165, 1.54) is 0 Å². The van der Waals surface area contributed by atoms with E-state index in [-0.39, 0.29) is 18.3 Å². The molecule has 1 heterocycles. The van der Waals surface area contributed by atoms with Gasteiger partial charge in [0.25, 0.3) is 0 Å². The summed E-state index contributed by atoms with van der Waals surface area (Å²) < 4.78 is 61.6. The van der Waals surface area contributed by atoms with Gasteiger partial charge in [0.2, 0.25) is 0 Å². The predicted octanol–water partition coefficient (Wildman–Crippen LogP) is 5.00. The van der Waals surface area contributed by atoms with E-state index < -0.39 is 17.9 Å². The Kier molecular flexibility index (Phi) is 6.26. The summed E-state index contributed by atoms with van der Waals surface area (Å²) >= 11 is 0. The number of rotatable bonds is 4. The van der Waals surface area contributed by atoms with Gasteiger partial charge in [-0.3, -0.25) is 0 Å². The minimum Gasteiger partial charge on any atom is -0.352 e. The van der Waals surface area contributed by atoms with Crippen LogP contribution in [0.1, 0.15) is 45.4 Å². The highest BCUT2D eigenvalue weighted by Crippen LogP contribution is 2.38. The maximum absolute atomic E-state index is 13.6. The van der Waals surface area contributed by atoms with E-state index in [0.717, 1.165) is 12.8 Å². The monoisotopic (exact) mass is 324 g/mol. The van der Waals surface area contributed by atoms with Crippen molar-refractivity contribution in [2.24, 2.45) is 17.8 Å². The number of alkyl halides is 3. The second-order valence-electron chi connectivity index (χ2n) is 6.37. The molecule has 2 nitrogen and oxygen atoms in total. The summed E-state index contributed by atoms with van der Waals surface area (Å²) in [5.74, 6) is -1.06. The van der Waals surface area contributed by atoms with Gasteiger partial charge in [0.05, 0.1) is 19.3 Å². The molecule has 6 heteroatoms. The van der Waals surface area contributed by atoms with Crippen LogP contribution < -0.4 is 0 Å². The molecule has 2 fully saturated rings. The molecule has 0 unspecified atom stereocenters. The average molecular weight is 324 g/mol. The van der Waals surface area contributed by atoms with Crippen LogP contribution in [-0.4, -0.2) is 25.7 Å². The molecule has 0 amide bonds. The van der Waals surface area contributed by atoms with E-state index in [0.29, 0.717) is 44.8 Å². The topological polar surface area (TPSA) is 18.5 Å². The lowest BCUT2D eigenvalue weighted by atomic mass is 9.80. The normalized spacial score (nSPS) is 34.7. The van der Waals surface area contributed by atoms with Crippen LogP contribution in [0, 0.1) is 17.8 Å². The zero-order valence-corrected chi connectivity index (χ0v) is 12.9. The van der Waals surface area contributed by atoms with E-state index in [1.807, 2.05) is 0 Å². The molecule has 128 valence electrons. The Bertz CT molecular complexity index is 365. The fourth-order valence-corrected chi connectivity index (χ4v) is 3.35. The molecule has 0 aromatic heterocycles. The van der Waals surface area contributed by atoms with Gasteiger partial charge in [-0.05, 0) is 32.1 Å². The molecular formula is C16H24F4O2. The maximum Gasteiger partial charge on any atom is 0.412 e. The van der Waals surface area contributed by atoms with Crippen molar-refractivity contribution in [2.45, 2.75) is 57.9 Å². The first-order chi connectivity index (χ1) is 10.4. The molecule has 1 aliphatic carbocycles. The smallest absolute Gasteiger partial charge is 0.352 e. The number of allylic oxidation sites excluding steroid dienone is 2. The molecule has 0 spiro atoms. The average Bonchev–Trinajstić information content (AvgIpc) is 2.47. The third-order valence-corrected chi connectivity index (χ3v) is 4.54. The lowest BCUT2D eigenvalue weighted by molar-refractivity contribution is -0.229. The van der Waals surface area contributed by atoms with Gasteiger partial charge >= 0.3 is 6.18 Å². The van der Waals surface area contributed by atoms with Crippen LogP contribution in [0.3, 0.4) is 0 Å². The van der Waals surface area contributed by atoms with Crippen LogP contribution in [0.5, 0.6) is 0 Å².